The average molecular weight is 292 g/mol. The Morgan fingerprint density at radius 2 is 2.10 bits per heavy atom. The van der Waals surface area contributed by atoms with Gasteiger partial charge in [0.25, 0.3) is 0 Å². The molecule has 0 saturated carbocycles. The molecule has 1 aliphatic heterocycles. The van der Waals surface area contributed by atoms with E-state index in [1.807, 2.05) is 6.92 Å². The molecule has 1 aliphatic rings. The molecular formula is C16H24N2OS. The standard InChI is InChI=1S/C16H24N2OS/c1-12(13-5-7-14(20-3)8-6-13)18-15(19)16(2)9-4-10-17-11-16/h5-8,12,17H,4,9-11H2,1-3H3,(H,18,19). The van der Waals surface area contributed by atoms with Crippen LogP contribution in [0.15, 0.2) is 29.2 Å². The van der Waals surface area contributed by atoms with E-state index in [2.05, 4.69) is 48.1 Å². The lowest BCUT2D eigenvalue weighted by molar-refractivity contribution is -0.131. The van der Waals surface area contributed by atoms with Crippen molar-refractivity contribution in [1.82, 2.24) is 10.6 Å². The summed E-state index contributed by atoms with van der Waals surface area (Å²) in [5, 5.41) is 6.48. The molecule has 1 aromatic carbocycles. The molecule has 2 N–H and O–H groups in total. The zero-order chi connectivity index (χ0) is 14.6. The molecule has 20 heavy (non-hydrogen) atoms. The van der Waals surface area contributed by atoms with Gasteiger partial charge in [0.15, 0.2) is 0 Å². The van der Waals surface area contributed by atoms with Gasteiger partial charge in [-0.2, -0.15) is 0 Å². The molecule has 1 amide bonds. The Hall–Kier alpha value is -1.00. The van der Waals surface area contributed by atoms with E-state index in [9.17, 15) is 4.79 Å². The fourth-order valence-electron chi connectivity index (χ4n) is 2.60. The summed E-state index contributed by atoms with van der Waals surface area (Å²) in [4.78, 5) is 13.7. The fraction of sp³-hybridized carbons (Fsp3) is 0.562. The molecule has 2 rings (SSSR count). The Kier molecular flexibility index (Phi) is 5.11. The lowest BCUT2D eigenvalue weighted by atomic mass is 9.81. The summed E-state index contributed by atoms with van der Waals surface area (Å²) in [7, 11) is 0. The molecule has 1 aromatic rings. The molecule has 110 valence electrons. The highest BCUT2D eigenvalue weighted by atomic mass is 32.2. The maximum atomic E-state index is 12.5. The Morgan fingerprint density at radius 3 is 2.65 bits per heavy atom. The van der Waals surface area contributed by atoms with Gasteiger partial charge in [0.2, 0.25) is 5.91 Å². The maximum Gasteiger partial charge on any atom is 0.227 e. The summed E-state index contributed by atoms with van der Waals surface area (Å²) in [6.07, 6.45) is 4.10. The lowest BCUT2D eigenvalue weighted by Gasteiger charge is -2.33. The van der Waals surface area contributed by atoms with Crippen molar-refractivity contribution in [1.29, 1.82) is 0 Å². The first-order chi connectivity index (χ1) is 9.55. The molecule has 2 unspecified atom stereocenters. The van der Waals surface area contributed by atoms with Crippen LogP contribution in [0.25, 0.3) is 0 Å². The lowest BCUT2D eigenvalue weighted by Crippen LogP contribution is -2.49. The highest BCUT2D eigenvalue weighted by Gasteiger charge is 2.35. The number of carbonyl (C=O) groups is 1. The molecule has 0 spiro atoms. The van der Waals surface area contributed by atoms with Crippen LogP contribution in [0.1, 0.15) is 38.3 Å². The number of hydrogen-bond acceptors (Lipinski definition) is 3. The number of benzene rings is 1. The van der Waals surface area contributed by atoms with Crippen LogP contribution in [0.4, 0.5) is 0 Å². The van der Waals surface area contributed by atoms with E-state index < -0.39 is 0 Å². The number of amides is 1. The molecule has 4 heteroatoms. The van der Waals surface area contributed by atoms with Crippen LogP contribution in [-0.2, 0) is 4.79 Å². The van der Waals surface area contributed by atoms with Gasteiger partial charge in [-0.15, -0.1) is 11.8 Å². The first kappa shape index (κ1) is 15.4. The van der Waals surface area contributed by atoms with Crippen molar-refractivity contribution in [2.45, 2.75) is 37.6 Å². The van der Waals surface area contributed by atoms with Crippen molar-refractivity contribution in [3.05, 3.63) is 29.8 Å². The normalized spacial score (nSPS) is 24.1. The molecule has 2 atom stereocenters. The van der Waals surface area contributed by atoms with Crippen LogP contribution in [0.2, 0.25) is 0 Å². The van der Waals surface area contributed by atoms with Crippen LogP contribution >= 0.6 is 11.8 Å². The Balaban J connectivity index is 1.99. The Bertz CT molecular complexity index is 452. The van der Waals surface area contributed by atoms with E-state index >= 15 is 0 Å². The third-order valence-corrected chi connectivity index (χ3v) is 4.85. The van der Waals surface area contributed by atoms with Crippen LogP contribution in [-0.4, -0.2) is 25.3 Å². The van der Waals surface area contributed by atoms with Gasteiger partial charge in [-0.05, 0) is 57.2 Å². The minimum Gasteiger partial charge on any atom is -0.349 e. The largest absolute Gasteiger partial charge is 0.349 e. The van der Waals surface area contributed by atoms with E-state index in [1.54, 1.807) is 11.8 Å². The summed E-state index contributed by atoms with van der Waals surface area (Å²) >= 11 is 1.73. The second-order valence-electron chi connectivity index (χ2n) is 5.81. The predicted octanol–water partition coefficient (Wildman–Crippen LogP) is 2.98. The molecule has 0 aromatic heterocycles. The Labute approximate surface area is 125 Å². The average Bonchev–Trinajstić information content (AvgIpc) is 2.48. The van der Waals surface area contributed by atoms with Crippen molar-refractivity contribution in [3.63, 3.8) is 0 Å². The molecule has 1 fully saturated rings. The summed E-state index contributed by atoms with van der Waals surface area (Å²) in [5.41, 5.74) is 0.884. The van der Waals surface area contributed by atoms with Crippen LogP contribution in [0, 0.1) is 5.41 Å². The van der Waals surface area contributed by atoms with Crippen molar-refractivity contribution < 1.29 is 4.79 Å². The van der Waals surface area contributed by atoms with Crippen molar-refractivity contribution >= 4 is 17.7 Å². The molecule has 0 bridgehead atoms. The van der Waals surface area contributed by atoms with Crippen LogP contribution < -0.4 is 10.6 Å². The van der Waals surface area contributed by atoms with Gasteiger partial charge in [-0.1, -0.05) is 12.1 Å². The topological polar surface area (TPSA) is 41.1 Å². The third kappa shape index (κ3) is 3.55. The molecule has 0 aliphatic carbocycles. The minimum absolute atomic E-state index is 0.0529. The highest BCUT2D eigenvalue weighted by Crippen LogP contribution is 2.27. The van der Waals surface area contributed by atoms with Gasteiger partial charge < -0.3 is 10.6 Å². The number of piperidine rings is 1. The van der Waals surface area contributed by atoms with Gasteiger partial charge >= 0.3 is 0 Å². The predicted molar refractivity (Wildman–Crippen MR) is 85.0 cm³/mol. The van der Waals surface area contributed by atoms with Crippen molar-refractivity contribution in [3.8, 4) is 0 Å². The number of carbonyl (C=O) groups excluding carboxylic acids is 1. The van der Waals surface area contributed by atoms with Gasteiger partial charge in [0.05, 0.1) is 11.5 Å². The first-order valence-electron chi connectivity index (χ1n) is 7.21. The van der Waals surface area contributed by atoms with E-state index in [0.717, 1.165) is 31.5 Å². The van der Waals surface area contributed by atoms with Crippen LogP contribution in [0.3, 0.4) is 0 Å². The zero-order valence-electron chi connectivity index (χ0n) is 12.5. The highest BCUT2D eigenvalue weighted by molar-refractivity contribution is 7.98. The zero-order valence-corrected chi connectivity index (χ0v) is 13.3. The quantitative estimate of drug-likeness (QED) is 0.838. The van der Waals surface area contributed by atoms with Crippen molar-refractivity contribution in [2.24, 2.45) is 5.41 Å². The molecule has 1 saturated heterocycles. The number of rotatable bonds is 4. The minimum atomic E-state index is -0.272. The van der Waals surface area contributed by atoms with Gasteiger partial charge in [-0.25, -0.2) is 0 Å². The fourth-order valence-corrected chi connectivity index (χ4v) is 3.01. The SMILES string of the molecule is CSc1ccc(C(C)NC(=O)C2(C)CCCNC2)cc1. The summed E-state index contributed by atoms with van der Waals surface area (Å²) < 4.78 is 0. The number of nitrogens with one attached hydrogen (secondary N) is 2. The molecule has 0 radical (unpaired) electrons. The van der Waals surface area contributed by atoms with Crippen molar-refractivity contribution in [2.75, 3.05) is 19.3 Å². The second-order valence-corrected chi connectivity index (χ2v) is 6.69. The summed E-state index contributed by atoms with van der Waals surface area (Å²) in [5.74, 6) is 0.158. The molecule has 1 heterocycles. The van der Waals surface area contributed by atoms with Gasteiger partial charge in [0.1, 0.15) is 0 Å². The van der Waals surface area contributed by atoms with Gasteiger partial charge in [-0.3, -0.25) is 4.79 Å². The smallest absolute Gasteiger partial charge is 0.227 e. The summed E-state index contributed by atoms with van der Waals surface area (Å²) in [6.45, 7) is 5.90. The van der Waals surface area contributed by atoms with E-state index in [4.69, 9.17) is 0 Å². The first-order valence-corrected chi connectivity index (χ1v) is 8.43. The van der Waals surface area contributed by atoms with Crippen LogP contribution in [0.5, 0.6) is 0 Å². The number of thioether (sulfide) groups is 1. The van der Waals surface area contributed by atoms with E-state index in [-0.39, 0.29) is 17.4 Å². The monoisotopic (exact) mass is 292 g/mol. The maximum absolute atomic E-state index is 12.5. The van der Waals surface area contributed by atoms with E-state index in [0.29, 0.717) is 0 Å². The second kappa shape index (κ2) is 6.64. The molecule has 3 nitrogen and oxygen atoms in total. The third-order valence-electron chi connectivity index (χ3n) is 4.11. The summed E-state index contributed by atoms with van der Waals surface area (Å²) in [6, 6.07) is 8.45. The number of hydrogen-bond donors (Lipinski definition) is 2. The van der Waals surface area contributed by atoms with E-state index in [1.165, 1.54) is 4.90 Å². The molecular weight excluding hydrogens is 268 g/mol. The van der Waals surface area contributed by atoms with Gasteiger partial charge in [0, 0.05) is 11.4 Å². The Morgan fingerprint density at radius 1 is 1.40 bits per heavy atom.